The minimum atomic E-state index is 0.661. The molecule has 0 radical (unpaired) electrons. The van der Waals surface area contributed by atoms with Gasteiger partial charge in [-0.05, 0) is 45.1 Å². The van der Waals surface area contributed by atoms with Crippen LogP contribution in [0.4, 0.5) is 0 Å². The van der Waals surface area contributed by atoms with Gasteiger partial charge in [-0.3, -0.25) is 0 Å². The van der Waals surface area contributed by atoms with E-state index in [-0.39, 0.29) is 0 Å². The Kier molecular flexibility index (Phi) is 4.24. The number of nitrogens with one attached hydrogen (secondary N) is 1. The van der Waals surface area contributed by atoms with Crippen molar-refractivity contribution >= 4 is 11.6 Å². The highest BCUT2D eigenvalue weighted by Crippen LogP contribution is 2.27. The maximum absolute atomic E-state index is 5.59. The molecular formula is C9H18ClN. The topological polar surface area (TPSA) is 12.0 Å². The molecule has 1 saturated carbocycles. The third kappa shape index (κ3) is 4.65. The van der Waals surface area contributed by atoms with Crippen molar-refractivity contribution in [3.8, 4) is 0 Å². The molecule has 0 spiro atoms. The van der Waals surface area contributed by atoms with Gasteiger partial charge in [0.15, 0.2) is 0 Å². The third-order valence-corrected chi connectivity index (χ3v) is 2.49. The van der Waals surface area contributed by atoms with Gasteiger partial charge in [-0.25, -0.2) is 0 Å². The van der Waals surface area contributed by atoms with Gasteiger partial charge in [-0.1, -0.05) is 0 Å². The minimum absolute atomic E-state index is 0.661. The average molecular weight is 176 g/mol. The molecule has 1 fully saturated rings. The smallest absolute Gasteiger partial charge is 0.0224 e. The molecule has 11 heavy (non-hydrogen) atoms. The Morgan fingerprint density at radius 2 is 2.27 bits per heavy atom. The van der Waals surface area contributed by atoms with E-state index in [2.05, 4.69) is 12.2 Å². The summed E-state index contributed by atoms with van der Waals surface area (Å²) in [5, 5.41) is 3.52. The van der Waals surface area contributed by atoms with Crippen LogP contribution in [-0.2, 0) is 0 Å². The Morgan fingerprint density at radius 1 is 1.55 bits per heavy atom. The second-order valence-corrected chi connectivity index (χ2v) is 3.96. The lowest BCUT2D eigenvalue weighted by molar-refractivity contribution is 0.495. The molecule has 0 aromatic carbocycles. The second kappa shape index (κ2) is 5.00. The Bertz CT molecular complexity index is 102. The molecule has 1 atom stereocenters. The molecule has 0 aliphatic heterocycles. The van der Waals surface area contributed by atoms with Gasteiger partial charge < -0.3 is 5.32 Å². The average Bonchev–Trinajstić information content (AvgIpc) is 2.80. The standard InChI is InChI=1S/C9H18ClN/c1-8(3-2-6-10)11-7-9-4-5-9/h8-9,11H,2-7H2,1H3. The summed E-state index contributed by atoms with van der Waals surface area (Å²) in [6, 6.07) is 0.661. The van der Waals surface area contributed by atoms with Gasteiger partial charge in [-0.2, -0.15) is 0 Å². The van der Waals surface area contributed by atoms with E-state index < -0.39 is 0 Å². The highest BCUT2D eigenvalue weighted by molar-refractivity contribution is 6.17. The van der Waals surface area contributed by atoms with Gasteiger partial charge in [0.1, 0.15) is 0 Å². The van der Waals surface area contributed by atoms with E-state index in [0.29, 0.717) is 6.04 Å². The summed E-state index contributed by atoms with van der Waals surface area (Å²) < 4.78 is 0. The van der Waals surface area contributed by atoms with E-state index in [1.165, 1.54) is 25.8 Å². The third-order valence-electron chi connectivity index (χ3n) is 2.22. The zero-order chi connectivity index (χ0) is 8.10. The van der Waals surface area contributed by atoms with Crippen LogP contribution in [0, 0.1) is 5.92 Å². The van der Waals surface area contributed by atoms with Crippen molar-refractivity contribution in [2.75, 3.05) is 12.4 Å². The monoisotopic (exact) mass is 175 g/mol. The summed E-state index contributed by atoms with van der Waals surface area (Å²) in [5.74, 6) is 1.79. The Labute approximate surface area is 74.5 Å². The van der Waals surface area contributed by atoms with Crippen LogP contribution in [0.5, 0.6) is 0 Å². The Morgan fingerprint density at radius 3 is 2.82 bits per heavy atom. The van der Waals surface area contributed by atoms with E-state index in [0.717, 1.165) is 18.2 Å². The normalized spacial score (nSPS) is 20.2. The first kappa shape index (κ1) is 9.34. The molecule has 0 saturated heterocycles. The van der Waals surface area contributed by atoms with Crippen LogP contribution in [0.3, 0.4) is 0 Å². The van der Waals surface area contributed by atoms with Crippen LogP contribution < -0.4 is 5.32 Å². The van der Waals surface area contributed by atoms with E-state index in [4.69, 9.17) is 11.6 Å². The van der Waals surface area contributed by atoms with Gasteiger partial charge in [0.25, 0.3) is 0 Å². The van der Waals surface area contributed by atoms with Crippen molar-refractivity contribution < 1.29 is 0 Å². The van der Waals surface area contributed by atoms with Crippen LogP contribution in [0.15, 0.2) is 0 Å². The Balaban J connectivity index is 1.87. The summed E-state index contributed by atoms with van der Waals surface area (Å²) in [5.41, 5.74) is 0. The molecule has 0 aromatic heterocycles. The van der Waals surface area contributed by atoms with Gasteiger partial charge in [-0.15, -0.1) is 11.6 Å². The van der Waals surface area contributed by atoms with Crippen LogP contribution in [0.2, 0.25) is 0 Å². The maximum atomic E-state index is 5.59. The first-order valence-electron chi connectivity index (χ1n) is 4.62. The summed E-state index contributed by atoms with van der Waals surface area (Å²) in [4.78, 5) is 0. The SMILES string of the molecule is CC(CCCCl)NCC1CC1. The molecule has 1 unspecified atom stereocenters. The maximum Gasteiger partial charge on any atom is 0.0224 e. The van der Waals surface area contributed by atoms with Crippen molar-refractivity contribution in [3.05, 3.63) is 0 Å². The van der Waals surface area contributed by atoms with Crippen molar-refractivity contribution in [1.29, 1.82) is 0 Å². The molecule has 0 bridgehead atoms. The molecule has 0 aromatic rings. The zero-order valence-corrected chi connectivity index (χ0v) is 8.03. The van der Waals surface area contributed by atoms with E-state index in [9.17, 15) is 0 Å². The zero-order valence-electron chi connectivity index (χ0n) is 7.28. The molecule has 1 rings (SSSR count). The summed E-state index contributed by atoms with van der Waals surface area (Å²) >= 11 is 5.59. The molecular weight excluding hydrogens is 158 g/mol. The van der Waals surface area contributed by atoms with Crippen LogP contribution in [0.25, 0.3) is 0 Å². The number of rotatable bonds is 6. The summed E-state index contributed by atoms with van der Waals surface area (Å²) in [6.45, 7) is 3.47. The fourth-order valence-corrected chi connectivity index (χ4v) is 1.33. The predicted molar refractivity (Wildman–Crippen MR) is 50.1 cm³/mol. The highest BCUT2D eigenvalue weighted by atomic mass is 35.5. The molecule has 1 nitrogen and oxygen atoms in total. The lowest BCUT2D eigenvalue weighted by Gasteiger charge is -2.11. The van der Waals surface area contributed by atoms with Gasteiger partial charge in [0.05, 0.1) is 0 Å². The lowest BCUT2D eigenvalue weighted by atomic mass is 10.2. The second-order valence-electron chi connectivity index (χ2n) is 3.58. The van der Waals surface area contributed by atoms with Crippen LogP contribution >= 0.6 is 11.6 Å². The lowest BCUT2D eigenvalue weighted by Crippen LogP contribution is -2.27. The fourth-order valence-electron chi connectivity index (χ4n) is 1.18. The van der Waals surface area contributed by atoms with E-state index in [1.54, 1.807) is 0 Å². The Hall–Kier alpha value is 0.250. The van der Waals surface area contributed by atoms with Gasteiger partial charge in [0, 0.05) is 11.9 Å². The van der Waals surface area contributed by atoms with Crippen molar-refractivity contribution in [3.63, 3.8) is 0 Å². The van der Waals surface area contributed by atoms with Crippen molar-refractivity contribution in [2.24, 2.45) is 5.92 Å². The molecule has 1 N–H and O–H groups in total. The first-order chi connectivity index (χ1) is 5.33. The number of hydrogen-bond donors (Lipinski definition) is 1. The highest BCUT2D eigenvalue weighted by Gasteiger charge is 2.20. The molecule has 0 amide bonds. The summed E-state index contributed by atoms with van der Waals surface area (Å²) in [7, 11) is 0. The molecule has 66 valence electrons. The van der Waals surface area contributed by atoms with E-state index >= 15 is 0 Å². The first-order valence-corrected chi connectivity index (χ1v) is 5.15. The minimum Gasteiger partial charge on any atom is -0.314 e. The number of alkyl halides is 1. The predicted octanol–water partition coefficient (Wildman–Crippen LogP) is 2.39. The van der Waals surface area contributed by atoms with Gasteiger partial charge >= 0.3 is 0 Å². The number of hydrogen-bond acceptors (Lipinski definition) is 1. The van der Waals surface area contributed by atoms with Crippen LogP contribution in [-0.4, -0.2) is 18.5 Å². The van der Waals surface area contributed by atoms with E-state index in [1.807, 2.05) is 0 Å². The van der Waals surface area contributed by atoms with Crippen molar-refractivity contribution in [1.82, 2.24) is 5.32 Å². The molecule has 2 heteroatoms. The quantitative estimate of drug-likeness (QED) is 0.612. The van der Waals surface area contributed by atoms with Crippen LogP contribution in [0.1, 0.15) is 32.6 Å². The molecule has 1 aliphatic rings. The largest absolute Gasteiger partial charge is 0.314 e. The van der Waals surface area contributed by atoms with Crippen molar-refractivity contribution in [2.45, 2.75) is 38.6 Å². The summed E-state index contributed by atoms with van der Waals surface area (Å²) in [6.07, 6.45) is 5.24. The molecule has 1 aliphatic carbocycles. The van der Waals surface area contributed by atoms with Gasteiger partial charge in [0.2, 0.25) is 0 Å². The number of halogens is 1. The molecule has 0 heterocycles. The fraction of sp³-hybridized carbons (Fsp3) is 1.00.